The first-order valence-electron chi connectivity index (χ1n) is 5.67. The number of rotatable bonds is 4. The van der Waals surface area contributed by atoms with E-state index in [2.05, 4.69) is 14.9 Å². The number of H-pyrrole nitrogens is 1. The van der Waals surface area contributed by atoms with Crippen LogP contribution in [0, 0.1) is 12.7 Å². The highest BCUT2D eigenvalue weighted by Crippen LogP contribution is 2.19. The molecule has 0 aliphatic rings. The summed E-state index contributed by atoms with van der Waals surface area (Å²) in [5.74, 6) is -0.582. The van der Waals surface area contributed by atoms with E-state index in [0.717, 1.165) is 6.07 Å². The van der Waals surface area contributed by atoms with Gasteiger partial charge in [0.1, 0.15) is 5.82 Å². The summed E-state index contributed by atoms with van der Waals surface area (Å²) in [6, 6.07) is 3.23. The van der Waals surface area contributed by atoms with Crippen LogP contribution in [0.4, 0.5) is 4.39 Å². The molecule has 1 unspecified atom stereocenters. The highest BCUT2D eigenvalue weighted by atomic mass is 32.2. The van der Waals surface area contributed by atoms with Gasteiger partial charge in [-0.3, -0.25) is 5.10 Å². The number of sulfonamides is 1. The maximum absolute atomic E-state index is 13.2. The second kappa shape index (κ2) is 5.10. The van der Waals surface area contributed by atoms with Crippen molar-refractivity contribution in [2.24, 2.45) is 0 Å². The lowest BCUT2D eigenvalue weighted by atomic mass is 10.2. The van der Waals surface area contributed by atoms with Gasteiger partial charge in [-0.25, -0.2) is 17.5 Å². The number of nitrogens with one attached hydrogen (secondary N) is 2. The number of benzene rings is 1. The molecule has 0 radical (unpaired) electrons. The fraction of sp³-hybridized carbons (Fsp3) is 0.250. The lowest BCUT2D eigenvalue weighted by Crippen LogP contribution is -2.27. The maximum Gasteiger partial charge on any atom is 0.241 e. The number of nitrogens with zero attached hydrogens (tertiary/aromatic N) is 1. The molecule has 0 fully saturated rings. The average molecular weight is 283 g/mol. The van der Waals surface area contributed by atoms with Crippen LogP contribution in [-0.4, -0.2) is 18.6 Å². The van der Waals surface area contributed by atoms with Crippen molar-refractivity contribution in [2.45, 2.75) is 24.8 Å². The first-order chi connectivity index (χ1) is 8.90. The Kier molecular flexibility index (Phi) is 3.68. The van der Waals surface area contributed by atoms with E-state index >= 15 is 0 Å². The van der Waals surface area contributed by atoms with E-state index < -0.39 is 21.9 Å². The third-order valence-electron chi connectivity index (χ3n) is 2.79. The molecule has 5 nitrogen and oxygen atoms in total. The normalized spacial score (nSPS) is 13.4. The summed E-state index contributed by atoms with van der Waals surface area (Å²) in [6.07, 6.45) is 3.14. The van der Waals surface area contributed by atoms with Crippen LogP contribution in [0.25, 0.3) is 0 Å². The topological polar surface area (TPSA) is 74.8 Å². The molecule has 102 valence electrons. The first-order valence-corrected chi connectivity index (χ1v) is 7.15. The number of aromatic amines is 1. The third-order valence-corrected chi connectivity index (χ3v) is 4.47. The minimum absolute atomic E-state index is 0.0529. The Labute approximate surface area is 110 Å². The van der Waals surface area contributed by atoms with Crippen molar-refractivity contribution in [3.63, 3.8) is 0 Å². The molecule has 2 rings (SSSR count). The van der Waals surface area contributed by atoms with E-state index in [1.165, 1.54) is 18.3 Å². The molecule has 1 atom stereocenters. The van der Waals surface area contributed by atoms with Crippen molar-refractivity contribution in [3.05, 3.63) is 47.5 Å². The molecule has 19 heavy (non-hydrogen) atoms. The van der Waals surface area contributed by atoms with E-state index in [9.17, 15) is 12.8 Å². The quantitative estimate of drug-likeness (QED) is 0.900. The van der Waals surface area contributed by atoms with Crippen LogP contribution in [0.15, 0.2) is 35.5 Å². The first kappa shape index (κ1) is 13.7. The molecule has 0 aliphatic heterocycles. The number of hydrogen-bond acceptors (Lipinski definition) is 3. The fourth-order valence-corrected chi connectivity index (χ4v) is 3.21. The van der Waals surface area contributed by atoms with Gasteiger partial charge in [0.05, 0.1) is 11.1 Å². The van der Waals surface area contributed by atoms with Crippen molar-refractivity contribution >= 4 is 10.0 Å². The second-order valence-electron chi connectivity index (χ2n) is 4.28. The lowest BCUT2D eigenvalue weighted by molar-refractivity contribution is 0.563. The molecule has 0 saturated carbocycles. The molecule has 0 aliphatic carbocycles. The maximum atomic E-state index is 13.2. The van der Waals surface area contributed by atoms with Gasteiger partial charge < -0.3 is 0 Å². The molecule has 2 N–H and O–H groups in total. The largest absolute Gasteiger partial charge is 0.285 e. The predicted molar refractivity (Wildman–Crippen MR) is 68.5 cm³/mol. The molecular weight excluding hydrogens is 269 g/mol. The van der Waals surface area contributed by atoms with Gasteiger partial charge in [-0.1, -0.05) is 6.07 Å². The summed E-state index contributed by atoms with van der Waals surface area (Å²) in [4.78, 5) is -0.0529. The summed E-state index contributed by atoms with van der Waals surface area (Å²) in [5.41, 5.74) is 1.20. The molecule has 7 heteroatoms. The minimum Gasteiger partial charge on any atom is -0.285 e. The Morgan fingerprint density at radius 1 is 1.42 bits per heavy atom. The van der Waals surface area contributed by atoms with E-state index in [1.54, 1.807) is 20.0 Å². The van der Waals surface area contributed by atoms with E-state index in [-0.39, 0.29) is 4.90 Å². The van der Waals surface area contributed by atoms with Crippen molar-refractivity contribution in [1.82, 2.24) is 14.9 Å². The summed E-state index contributed by atoms with van der Waals surface area (Å²) >= 11 is 0. The zero-order valence-corrected chi connectivity index (χ0v) is 11.3. The molecule has 0 saturated heterocycles. The summed E-state index contributed by atoms with van der Waals surface area (Å²) in [6.45, 7) is 3.31. The van der Waals surface area contributed by atoms with Crippen molar-refractivity contribution in [3.8, 4) is 0 Å². The van der Waals surface area contributed by atoms with Gasteiger partial charge >= 0.3 is 0 Å². The van der Waals surface area contributed by atoms with Crippen molar-refractivity contribution in [1.29, 1.82) is 0 Å². The van der Waals surface area contributed by atoms with E-state index in [0.29, 0.717) is 11.1 Å². The van der Waals surface area contributed by atoms with Gasteiger partial charge in [-0.15, -0.1) is 0 Å². The number of aryl methyl sites for hydroxylation is 1. The zero-order chi connectivity index (χ0) is 14.0. The van der Waals surface area contributed by atoms with Gasteiger partial charge in [0.15, 0.2) is 0 Å². The smallest absolute Gasteiger partial charge is 0.241 e. The number of halogens is 1. The van der Waals surface area contributed by atoms with Gasteiger partial charge in [0, 0.05) is 17.8 Å². The van der Waals surface area contributed by atoms with E-state index in [1.807, 2.05) is 0 Å². The highest BCUT2D eigenvalue weighted by molar-refractivity contribution is 7.89. The Hall–Kier alpha value is -1.73. The van der Waals surface area contributed by atoms with Crippen LogP contribution in [0.1, 0.15) is 24.1 Å². The third kappa shape index (κ3) is 2.99. The van der Waals surface area contributed by atoms with Crippen molar-refractivity contribution in [2.75, 3.05) is 0 Å². The predicted octanol–water partition coefficient (Wildman–Crippen LogP) is 1.90. The fourth-order valence-electron chi connectivity index (χ4n) is 1.73. The van der Waals surface area contributed by atoms with Crippen LogP contribution in [0.2, 0.25) is 0 Å². The number of hydrogen-bond donors (Lipinski definition) is 2. The Balaban J connectivity index is 2.30. The van der Waals surface area contributed by atoms with E-state index in [4.69, 9.17) is 0 Å². The molecule has 0 spiro atoms. The Bertz CT molecular complexity index is 668. The molecule has 1 aromatic carbocycles. The molecule has 1 heterocycles. The Morgan fingerprint density at radius 2 is 2.16 bits per heavy atom. The van der Waals surface area contributed by atoms with Gasteiger partial charge in [-0.05, 0) is 31.5 Å². The van der Waals surface area contributed by atoms with Crippen LogP contribution in [0.5, 0.6) is 0 Å². The second-order valence-corrected chi connectivity index (χ2v) is 5.97. The highest BCUT2D eigenvalue weighted by Gasteiger charge is 2.21. The summed E-state index contributed by atoms with van der Waals surface area (Å²) in [5, 5.41) is 6.37. The zero-order valence-electron chi connectivity index (χ0n) is 10.5. The lowest BCUT2D eigenvalue weighted by Gasteiger charge is -2.14. The van der Waals surface area contributed by atoms with Gasteiger partial charge in [0.2, 0.25) is 10.0 Å². The SMILES string of the molecule is Cc1ccc(F)cc1S(=O)(=O)NC(C)c1cn[nH]c1. The summed E-state index contributed by atoms with van der Waals surface area (Å²) in [7, 11) is -3.77. The molecular formula is C12H14FN3O2S. The Morgan fingerprint density at radius 3 is 2.79 bits per heavy atom. The van der Waals surface area contributed by atoms with Gasteiger partial charge in [0.25, 0.3) is 0 Å². The monoisotopic (exact) mass is 283 g/mol. The van der Waals surface area contributed by atoms with Crippen LogP contribution >= 0.6 is 0 Å². The molecule has 0 amide bonds. The van der Waals surface area contributed by atoms with Crippen LogP contribution in [-0.2, 0) is 10.0 Å². The number of aromatic nitrogens is 2. The van der Waals surface area contributed by atoms with Gasteiger partial charge in [-0.2, -0.15) is 5.10 Å². The standard InChI is InChI=1S/C12H14FN3O2S/c1-8-3-4-11(13)5-12(8)19(17,18)16-9(2)10-6-14-15-7-10/h3-7,9,16H,1-2H3,(H,14,15). The molecule has 2 aromatic rings. The van der Waals surface area contributed by atoms with Crippen molar-refractivity contribution < 1.29 is 12.8 Å². The van der Waals surface area contributed by atoms with Crippen LogP contribution < -0.4 is 4.72 Å². The minimum atomic E-state index is -3.77. The molecule has 0 bridgehead atoms. The van der Waals surface area contributed by atoms with Crippen LogP contribution in [0.3, 0.4) is 0 Å². The molecule has 1 aromatic heterocycles. The average Bonchev–Trinajstić information content (AvgIpc) is 2.85. The summed E-state index contributed by atoms with van der Waals surface area (Å²) < 4.78 is 40.1.